The molecule has 2 heterocycles. The molecule has 0 radical (unpaired) electrons. The number of likely N-dealkylation sites (N-methyl/N-ethyl adjacent to an activating group) is 1. The van der Waals surface area contributed by atoms with Gasteiger partial charge in [-0.25, -0.2) is 9.78 Å². The lowest BCUT2D eigenvalue weighted by Gasteiger charge is -2.18. The van der Waals surface area contributed by atoms with Gasteiger partial charge in [-0.05, 0) is 25.0 Å². The first kappa shape index (κ1) is 17.3. The van der Waals surface area contributed by atoms with Gasteiger partial charge < -0.3 is 14.4 Å². The van der Waals surface area contributed by atoms with Crippen LogP contribution in [0, 0.1) is 0 Å². The second kappa shape index (κ2) is 8.04. The third-order valence-corrected chi connectivity index (χ3v) is 4.26. The molecule has 3 rings (SSSR count). The lowest BCUT2D eigenvalue weighted by Crippen LogP contribution is -2.35. The molecule has 1 fully saturated rings. The van der Waals surface area contributed by atoms with Gasteiger partial charge in [-0.2, -0.15) is 4.37 Å². The van der Waals surface area contributed by atoms with Crippen molar-refractivity contribution in [2.45, 2.75) is 25.5 Å². The van der Waals surface area contributed by atoms with Gasteiger partial charge in [0, 0.05) is 25.2 Å². The van der Waals surface area contributed by atoms with Crippen molar-refractivity contribution in [2.75, 3.05) is 19.0 Å². The van der Waals surface area contributed by atoms with Gasteiger partial charge in [-0.3, -0.25) is 10.1 Å². The zero-order valence-electron chi connectivity index (χ0n) is 13.7. The van der Waals surface area contributed by atoms with Crippen LogP contribution in [0.1, 0.15) is 18.7 Å². The summed E-state index contributed by atoms with van der Waals surface area (Å²) in [4.78, 5) is 29.7. The second-order valence-corrected chi connectivity index (χ2v) is 6.29. The van der Waals surface area contributed by atoms with E-state index in [-0.39, 0.29) is 18.6 Å². The van der Waals surface area contributed by atoms with Crippen LogP contribution >= 0.6 is 11.5 Å². The van der Waals surface area contributed by atoms with Crippen LogP contribution in [-0.4, -0.2) is 46.0 Å². The SMILES string of the molecule is CN(Cc1nsc(NC(=O)Oc2ccccc2)n1)C(=O)C1CCCO1. The minimum Gasteiger partial charge on any atom is -0.410 e. The molecule has 2 amide bonds. The predicted octanol–water partition coefficient (Wildman–Crippen LogP) is 2.29. The number of nitrogens with zero attached hydrogens (tertiary/aromatic N) is 3. The molecule has 8 nitrogen and oxygen atoms in total. The van der Waals surface area contributed by atoms with Gasteiger partial charge in [-0.15, -0.1) is 0 Å². The van der Waals surface area contributed by atoms with E-state index in [9.17, 15) is 9.59 Å². The Labute approximate surface area is 148 Å². The molecule has 1 aliphatic heterocycles. The summed E-state index contributed by atoms with van der Waals surface area (Å²) in [5.74, 6) is 0.811. The maximum absolute atomic E-state index is 12.2. The molecule has 1 saturated heterocycles. The number of benzene rings is 1. The third kappa shape index (κ3) is 4.74. The summed E-state index contributed by atoms with van der Waals surface area (Å²) in [6, 6.07) is 8.73. The van der Waals surface area contributed by atoms with Crippen LogP contribution < -0.4 is 10.1 Å². The smallest absolute Gasteiger partial charge is 0.410 e. The van der Waals surface area contributed by atoms with Gasteiger partial charge in [0.25, 0.3) is 5.91 Å². The lowest BCUT2D eigenvalue weighted by molar-refractivity contribution is -0.140. The first-order valence-electron chi connectivity index (χ1n) is 7.85. The van der Waals surface area contributed by atoms with E-state index in [1.165, 1.54) is 4.90 Å². The Bertz CT molecular complexity index is 731. The van der Waals surface area contributed by atoms with E-state index in [0.29, 0.717) is 23.3 Å². The summed E-state index contributed by atoms with van der Waals surface area (Å²) in [6.07, 6.45) is 0.627. The number of amides is 2. The Kier molecular flexibility index (Phi) is 5.56. The fourth-order valence-corrected chi connectivity index (χ4v) is 2.95. The Morgan fingerprint density at radius 1 is 1.40 bits per heavy atom. The summed E-state index contributed by atoms with van der Waals surface area (Å²) < 4.78 is 14.7. The van der Waals surface area contributed by atoms with Gasteiger partial charge in [0.2, 0.25) is 5.13 Å². The van der Waals surface area contributed by atoms with Crippen LogP contribution in [0.5, 0.6) is 5.75 Å². The Balaban J connectivity index is 1.51. The monoisotopic (exact) mass is 362 g/mol. The van der Waals surface area contributed by atoms with Gasteiger partial charge in [-0.1, -0.05) is 18.2 Å². The molecule has 0 bridgehead atoms. The summed E-state index contributed by atoms with van der Waals surface area (Å²) >= 11 is 1.03. The molecule has 9 heteroatoms. The number of para-hydroxylation sites is 1. The first-order valence-corrected chi connectivity index (χ1v) is 8.62. The fraction of sp³-hybridized carbons (Fsp3) is 0.375. The molecule has 1 atom stereocenters. The molecule has 1 unspecified atom stereocenters. The molecule has 0 saturated carbocycles. The topological polar surface area (TPSA) is 93.7 Å². The van der Waals surface area contributed by atoms with E-state index in [1.807, 2.05) is 6.07 Å². The highest BCUT2D eigenvalue weighted by Crippen LogP contribution is 2.17. The first-order chi connectivity index (χ1) is 12.1. The van der Waals surface area contributed by atoms with Crippen molar-refractivity contribution >= 4 is 28.7 Å². The van der Waals surface area contributed by atoms with Crippen molar-refractivity contribution in [3.05, 3.63) is 36.2 Å². The van der Waals surface area contributed by atoms with Crippen LogP contribution in [-0.2, 0) is 16.1 Å². The normalized spacial score (nSPS) is 16.4. The fourth-order valence-electron chi connectivity index (χ4n) is 2.39. The molecule has 0 spiro atoms. The van der Waals surface area contributed by atoms with Crippen LogP contribution in [0.4, 0.5) is 9.93 Å². The molecule has 25 heavy (non-hydrogen) atoms. The maximum atomic E-state index is 12.2. The quantitative estimate of drug-likeness (QED) is 0.877. The molecular weight excluding hydrogens is 344 g/mol. The van der Waals surface area contributed by atoms with Crippen molar-refractivity contribution in [2.24, 2.45) is 0 Å². The molecule has 132 valence electrons. The molecule has 0 aliphatic carbocycles. The van der Waals surface area contributed by atoms with Crippen LogP contribution in [0.15, 0.2) is 30.3 Å². The molecule has 1 aromatic heterocycles. The van der Waals surface area contributed by atoms with Crippen molar-refractivity contribution in [1.82, 2.24) is 14.3 Å². The van der Waals surface area contributed by atoms with Gasteiger partial charge in [0.05, 0.1) is 6.54 Å². The highest BCUT2D eigenvalue weighted by Gasteiger charge is 2.27. The molecule has 1 aliphatic rings. The van der Waals surface area contributed by atoms with Crippen molar-refractivity contribution in [1.29, 1.82) is 0 Å². The number of carbonyl (C=O) groups is 2. The van der Waals surface area contributed by atoms with E-state index in [0.717, 1.165) is 24.4 Å². The standard InChI is InChI=1S/C16H18N4O4S/c1-20(14(21)12-8-5-9-23-12)10-13-17-15(25-19-13)18-16(22)24-11-6-3-2-4-7-11/h2-4,6-7,12H,5,8-10H2,1H3,(H,17,18,19,22). The summed E-state index contributed by atoms with van der Waals surface area (Å²) in [5, 5.41) is 2.84. The van der Waals surface area contributed by atoms with E-state index in [2.05, 4.69) is 14.7 Å². The zero-order valence-corrected chi connectivity index (χ0v) is 14.5. The number of ether oxygens (including phenoxy) is 2. The lowest BCUT2D eigenvalue weighted by atomic mass is 10.2. The number of hydrogen-bond acceptors (Lipinski definition) is 7. The minimum atomic E-state index is -0.641. The van der Waals surface area contributed by atoms with Crippen LogP contribution in [0.3, 0.4) is 0 Å². The largest absolute Gasteiger partial charge is 0.418 e. The highest BCUT2D eigenvalue weighted by atomic mass is 32.1. The number of anilines is 1. The second-order valence-electron chi connectivity index (χ2n) is 5.54. The minimum absolute atomic E-state index is 0.0784. The summed E-state index contributed by atoms with van der Waals surface area (Å²) in [7, 11) is 1.68. The molecule has 1 N–H and O–H groups in total. The number of nitrogens with one attached hydrogen (secondary N) is 1. The molecule has 2 aromatic rings. The Morgan fingerprint density at radius 3 is 2.92 bits per heavy atom. The molecular formula is C16H18N4O4S. The summed E-state index contributed by atoms with van der Waals surface area (Å²) in [5.41, 5.74) is 0. The van der Waals surface area contributed by atoms with E-state index in [4.69, 9.17) is 9.47 Å². The molecule has 1 aromatic carbocycles. The average molecular weight is 362 g/mol. The van der Waals surface area contributed by atoms with Gasteiger partial charge in [0.15, 0.2) is 5.82 Å². The summed E-state index contributed by atoms with van der Waals surface area (Å²) in [6.45, 7) is 0.876. The van der Waals surface area contributed by atoms with Crippen LogP contribution in [0.25, 0.3) is 0 Å². The number of carbonyl (C=O) groups excluding carboxylic acids is 2. The predicted molar refractivity (Wildman–Crippen MR) is 91.4 cm³/mol. The van der Waals surface area contributed by atoms with Crippen LogP contribution in [0.2, 0.25) is 0 Å². The van der Waals surface area contributed by atoms with Crippen molar-refractivity contribution in [3.63, 3.8) is 0 Å². The average Bonchev–Trinajstić information content (AvgIpc) is 3.27. The van der Waals surface area contributed by atoms with Crippen molar-refractivity contribution < 1.29 is 19.1 Å². The zero-order chi connectivity index (χ0) is 17.6. The third-order valence-electron chi connectivity index (χ3n) is 3.59. The van der Waals surface area contributed by atoms with Gasteiger partial charge >= 0.3 is 6.09 Å². The van der Waals surface area contributed by atoms with Gasteiger partial charge in [0.1, 0.15) is 11.9 Å². The van der Waals surface area contributed by atoms with E-state index >= 15 is 0 Å². The van der Waals surface area contributed by atoms with E-state index < -0.39 is 6.09 Å². The van der Waals surface area contributed by atoms with Crippen molar-refractivity contribution in [3.8, 4) is 5.75 Å². The number of rotatable bonds is 5. The maximum Gasteiger partial charge on any atom is 0.418 e. The Hall–Kier alpha value is -2.52. The van der Waals surface area contributed by atoms with E-state index in [1.54, 1.807) is 31.3 Å². The Morgan fingerprint density at radius 2 is 2.20 bits per heavy atom. The number of aromatic nitrogens is 2. The highest BCUT2D eigenvalue weighted by molar-refractivity contribution is 7.09. The number of hydrogen-bond donors (Lipinski definition) is 1.